The van der Waals surface area contributed by atoms with Crippen molar-refractivity contribution in [2.45, 2.75) is 26.2 Å². The first-order valence-corrected chi connectivity index (χ1v) is 8.93. The van der Waals surface area contributed by atoms with Crippen LogP contribution in [0.3, 0.4) is 0 Å². The van der Waals surface area contributed by atoms with Crippen molar-refractivity contribution < 1.29 is 9.32 Å². The number of anilines is 1. The molecule has 0 atom stereocenters. The van der Waals surface area contributed by atoms with Gasteiger partial charge < -0.3 is 9.84 Å². The molecule has 0 unspecified atom stereocenters. The van der Waals surface area contributed by atoms with Gasteiger partial charge in [0, 0.05) is 6.07 Å². The highest BCUT2D eigenvalue weighted by atomic mass is 16.5. The zero-order chi connectivity index (χ0) is 17.2. The summed E-state index contributed by atoms with van der Waals surface area (Å²) in [5, 5.41) is 6.59. The summed E-state index contributed by atoms with van der Waals surface area (Å²) in [5.74, 6) is 1.77. The van der Waals surface area contributed by atoms with Crippen LogP contribution < -0.4 is 5.32 Å². The van der Waals surface area contributed by atoms with E-state index in [1.807, 2.05) is 6.92 Å². The van der Waals surface area contributed by atoms with Crippen LogP contribution in [0, 0.1) is 12.8 Å². The van der Waals surface area contributed by atoms with Crippen LogP contribution in [-0.2, 0) is 11.2 Å². The van der Waals surface area contributed by atoms with E-state index in [4.69, 9.17) is 4.52 Å². The lowest BCUT2D eigenvalue weighted by Crippen LogP contribution is -2.39. The van der Waals surface area contributed by atoms with Gasteiger partial charge in [-0.15, -0.1) is 0 Å². The maximum Gasteiger partial charge on any atom is 0.239 e. The third-order valence-electron chi connectivity index (χ3n) is 5.16. The topological polar surface area (TPSA) is 58.4 Å². The fraction of sp³-hybridized carbons (Fsp3) is 0.400. The normalized spacial score (nSPS) is 18.0. The number of fused-ring (bicyclic) bond motifs is 1. The number of amides is 1. The summed E-state index contributed by atoms with van der Waals surface area (Å²) in [7, 11) is 0. The first-order valence-electron chi connectivity index (χ1n) is 8.93. The molecule has 1 aliphatic carbocycles. The van der Waals surface area contributed by atoms with E-state index in [9.17, 15) is 4.79 Å². The number of nitrogens with zero attached hydrogens (tertiary/aromatic N) is 2. The van der Waals surface area contributed by atoms with Gasteiger partial charge in [0.05, 0.1) is 6.54 Å². The summed E-state index contributed by atoms with van der Waals surface area (Å²) in [6.45, 7) is 4.13. The lowest BCUT2D eigenvalue weighted by atomic mass is 9.86. The fourth-order valence-corrected chi connectivity index (χ4v) is 3.91. The van der Waals surface area contributed by atoms with Gasteiger partial charge in [-0.3, -0.25) is 9.69 Å². The second kappa shape index (κ2) is 6.84. The minimum Gasteiger partial charge on any atom is -0.360 e. The van der Waals surface area contributed by atoms with Gasteiger partial charge in [0.1, 0.15) is 5.76 Å². The first kappa shape index (κ1) is 16.1. The predicted molar refractivity (Wildman–Crippen MR) is 97.2 cm³/mol. The summed E-state index contributed by atoms with van der Waals surface area (Å²) >= 11 is 0. The Hall–Kier alpha value is -2.40. The van der Waals surface area contributed by atoms with Gasteiger partial charge in [-0.25, -0.2) is 0 Å². The Kier molecular flexibility index (Phi) is 4.40. The maximum absolute atomic E-state index is 12.1. The van der Waals surface area contributed by atoms with Crippen LogP contribution in [0.15, 0.2) is 40.9 Å². The third kappa shape index (κ3) is 3.51. The van der Waals surface area contributed by atoms with Crippen LogP contribution in [0.4, 0.5) is 5.82 Å². The van der Waals surface area contributed by atoms with Gasteiger partial charge >= 0.3 is 0 Å². The number of hydrogen-bond donors (Lipinski definition) is 1. The number of rotatable bonds is 4. The van der Waals surface area contributed by atoms with Gasteiger partial charge in [-0.05, 0) is 61.9 Å². The van der Waals surface area contributed by atoms with E-state index in [1.165, 1.54) is 16.7 Å². The molecular weight excluding hydrogens is 314 g/mol. The SMILES string of the molecule is Cc1cc(NC(=O)CN2CCC(C3=CCc4ccccc43)CC2)no1. The second-order valence-electron chi connectivity index (χ2n) is 6.94. The zero-order valence-electron chi connectivity index (χ0n) is 14.5. The van der Waals surface area contributed by atoms with Crippen molar-refractivity contribution in [1.29, 1.82) is 0 Å². The second-order valence-corrected chi connectivity index (χ2v) is 6.94. The van der Waals surface area contributed by atoms with Crippen molar-refractivity contribution in [3.05, 3.63) is 53.3 Å². The molecule has 2 aliphatic rings. The summed E-state index contributed by atoms with van der Waals surface area (Å²) < 4.78 is 4.97. The molecule has 1 fully saturated rings. The molecule has 2 aromatic rings. The van der Waals surface area contributed by atoms with Crippen molar-refractivity contribution >= 4 is 17.3 Å². The number of nitrogens with one attached hydrogen (secondary N) is 1. The van der Waals surface area contributed by atoms with E-state index in [1.54, 1.807) is 6.07 Å². The smallest absolute Gasteiger partial charge is 0.239 e. The Bertz CT molecular complexity index is 801. The monoisotopic (exact) mass is 337 g/mol. The molecule has 5 heteroatoms. The number of carbonyl (C=O) groups is 1. The quantitative estimate of drug-likeness (QED) is 0.930. The number of benzene rings is 1. The molecular formula is C20H23N3O2. The van der Waals surface area contributed by atoms with Crippen LogP contribution >= 0.6 is 0 Å². The van der Waals surface area contributed by atoms with Gasteiger partial charge in [0.25, 0.3) is 0 Å². The zero-order valence-corrected chi connectivity index (χ0v) is 14.5. The molecule has 0 saturated carbocycles. The number of aromatic nitrogens is 1. The van der Waals surface area contributed by atoms with Crippen molar-refractivity contribution in [1.82, 2.24) is 10.1 Å². The number of carbonyl (C=O) groups excluding carboxylic acids is 1. The number of hydrogen-bond acceptors (Lipinski definition) is 4. The molecule has 0 bridgehead atoms. The van der Waals surface area contributed by atoms with Crippen LogP contribution in [0.1, 0.15) is 29.7 Å². The van der Waals surface area contributed by atoms with Crippen molar-refractivity contribution in [3.8, 4) is 0 Å². The van der Waals surface area contributed by atoms with Crippen LogP contribution in [0.25, 0.3) is 5.57 Å². The molecule has 1 aliphatic heterocycles. The first-order chi connectivity index (χ1) is 12.2. The summed E-state index contributed by atoms with van der Waals surface area (Å²) in [4.78, 5) is 14.4. The third-order valence-corrected chi connectivity index (χ3v) is 5.16. The maximum atomic E-state index is 12.1. The van der Waals surface area contributed by atoms with Gasteiger partial charge in [-0.2, -0.15) is 0 Å². The van der Waals surface area contributed by atoms with Crippen molar-refractivity contribution in [2.75, 3.05) is 25.0 Å². The summed E-state index contributed by atoms with van der Waals surface area (Å²) in [6.07, 6.45) is 5.67. The van der Waals surface area contributed by atoms with E-state index in [2.05, 4.69) is 45.7 Å². The van der Waals surface area contributed by atoms with Crippen LogP contribution in [0.5, 0.6) is 0 Å². The Labute approximate surface area is 147 Å². The van der Waals surface area contributed by atoms with Gasteiger partial charge in [0.2, 0.25) is 5.91 Å². The van der Waals surface area contributed by atoms with E-state index >= 15 is 0 Å². The minimum atomic E-state index is -0.0304. The molecule has 1 N–H and O–H groups in total. The number of likely N-dealkylation sites (tertiary alicyclic amines) is 1. The molecule has 2 heterocycles. The molecule has 1 aromatic heterocycles. The predicted octanol–water partition coefficient (Wildman–Crippen LogP) is 3.27. The molecule has 25 heavy (non-hydrogen) atoms. The average molecular weight is 337 g/mol. The Morgan fingerprint density at radius 3 is 2.88 bits per heavy atom. The highest BCUT2D eigenvalue weighted by molar-refractivity contribution is 5.91. The molecule has 130 valence electrons. The minimum absolute atomic E-state index is 0.0304. The number of piperidine rings is 1. The number of allylic oxidation sites excluding steroid dienone is 2. The lowest BCUT2D eigenvalue weighted by Gasteiger charge is -2.32. The average Bonchev–Trinajstić information content (AvgIpc) is 3.22. The van der Waals surface area contributed by atoms with Gasteiger partial charge in [0.15, 0.2) is 5.82 Å². The highest BCUT2D eigenvalue weighted by Crippen LogP contribution is 2.37. The summed E-state index contributed by atoms with van der Waals surface area (Å²) in [5.41, 5.74) is 4.39. The molecule has 0 radical (unpaired) electrons. The molecule has 5 nitrogen and oxygen atoms in total. The lowest BCUT2D eigenvalue weighted by molar-refractivity contribution is -0.117. The van der Waals surface area contributed by atoms with Crippen LogP contribution in [-0.4, -0.2) is 35.6 Å². The molecule has 1 aromatic carbocycles. The molecule has 1 saturated heterocycles. The van der Waals surface area contributed by atoms with E-state index in [0.29, 0.717) is 24.0 Å². The van der Waals surface area contributed by atoms with Gasteiger partial charge in [-0.1, -0.05) is 35.5 Å². The highest BCUT2D eigenvalue weighted by Gasteiger charge is 2.27. The standard InChI is InChI=1S/C20H23N3O2/c1-14-12-19(22-25-14)21-20(24)13-23-10-8-16(9-11-23)18-7-6-15-4-2-3-5-17(15)18/h2-5,7,12,16H,6,8-11,13H2,1H3,(H,21,22,24). The Morgan fingerprint density at radius 2 is 2.12 bits per heavy atom. The molecule has 4 rings (SSSR count). The number of aryl methyl sites for hydroxylation is 1. The summed E-state index contributed by atoms with van der Waals surface area (Å²) in [6, 6.07) is 10.4. The Balaban J connectivity index is 1.29. The Morgan fingerprint density at radius 1 is 1.32 bits per heavy atom. The fourth-order valence-electron chi connectivity index (χ4n) is 3.91. The van der Waals surface area contributed by atoms with E-state index < -0.39 is 0 Å². The van der Waals surface area contributed by atoms with E-state index in [0.717, 1.165) is 32.4 Å². The molecule has 0 spiro atoms. The largest absolute Gasteiger partial charge is 0.360 e. The van der Waals surface area contributed by atoms with Crippen molar-refractivity contribution in [3.63, 3.8) is 0 Å². The molecule has 1 amide bonds. The van der Waals surface area contributed by atoms with E-state index in [-0.39, 0.29) is 5.91 Å². The van der Waals surface area contributed by atoms with Crippen LogP contribution in [0.2, 0.25) is 0 Å². The van der Waals surface area contributed by atoms with Crippen molar-refractivity contribution in [2.24, 2.45) is 5.92 Å².